The van der Waals surface area contributed by atoms with Crippen molar-refractivity contribution < 1.29 is 9.47 Å². The SMILES string of the molecule is CC1(c2ccc(Cn3cc(N)cn3)s2)OC=CO1. The lowest BCUT2D eigenvalue weighted by atomic mass is 10.2. The number of thiophene rings is 1. The van der Waals surface area contributed by atoms with E-state index in [1.807, 2.05) is 29.9 Å². The Balaban J connectivity index is 1.77. The molecule has 3 rings (SSSR count). The number of nitrogens with two attached hydrogens (primary N) is 1. The highest BCUT2D eigenvalue weighted by Crippen LogP contribution is 2.36. The average molecular weight is 263 g/mol. The number of nitrogen functional groups attached to an aromatic ring is 1. The summed E-state index contributed by atoms with van der Waals surface area (Å²) in [6.07, 6.45) is 6.58. The normalized spacial score (nSPS) is 16.5. The van der Waals surface area contributed by atoms with Crippen LogP contribution in [0.1, 0.15) is 16.7 Å². The van der Waals surface area contributed by atoms with Crippen molar-refractivity contribution in [2.45, 2.75) is 19.3 Å². The van der Waals surface area contributed by atoms with E-state index in [4.69, 9.17) is 15.2 Å². The number of hydrogen-bond acceptors (Lipinski definition) is 5. The maximum absolute atomic E-state index is 5.63. The summed E-state index contributed by atoms with van der Waals surface area (Å²) >= 11 is 1.64. The monoisotopic (exact) mass is 263 g/mol. The predicted octanol–water partition coefficient (Wildman–Crippen LogP) is 2.27. The fraction of sp³-hybridized carbons (Fsp3) is 0.250. The van der Waals surface area contributed by atoms with E-state index >= 15 is 0 Å². The van der Waals surface area contributed by atoms with Crippen molar-refractivity contribution in [2.24, 2.45) is 0 Å². The Morgan fingerprint density at radius 2 is 2.17 bits per heavy atom. The Morgan fingerprint density at radius 3 is 2.83 bits per heavy atom. The van der Waals surface area contributed by atoms with Gasteiger partial charge >= 0.3 is 0 Å². The van der Waals surface area contributed by atoms with Gasteiger partial charge in [-0.15, -0.1) is 11.3 Å². The van der Waals surface area contributed by atoms with Crippen molar-refractivity contribution in [1.29, 1.82) is 0 Å². The highest BCUT2D eigenvalue weighted by Gasteiger charge is 2.33. The first-order valence-corrected chi connectivity index (χ1v) is 6.35. The fourth-order valence-electron chi connectivity index (χ4n) is 1.79. The van der Waals surface area contributed by atoms with Gasteiger partial charge in [0, 0.05) is 18.0 Å². The summed E-state index contributed by atoms with van der Waals surface area (Å²) < 4.78 is 12.7. The van der Waals surface area contributed by atoms with E-state index in [1.54, 1.807) is 30.1 Å². The Labute approximate surface area is 108 Å². The summed E-state index contributed by atoms with van der Waals surface area (Å²) in [5.74, 6) is -0.688. The Morgan fingerprint density at radius 1 is 1.39 bits per heavy atom. The van der Waals surface area contributed by atoms with Gasteiger partial charge in [-0.1, -0.05) is 0 Å². The molecule has 94 valence electrons. The van der Waals surface area contributed by atoms with Crippen LogP contribution in [0.15, 0.2) is 37.1 Å². The molecule has 0 unspecified atom stereocenters. The number of rotatable bonds is 3. The zero-order chi connectivity index (χ0) is 12.6. The predicted molar refractivity (Wildman–Crippen MR) is 68.7 cm³/mol. The fourth-order valence-corrected chi connectivity index (χ4v) is 2.82. The Bertz CT molecular complexity index is 580. The van der Waals surface area contributed by atoms with Crippen LogP contribution in [-0.4, -0.2) is 9.78 Å². The van der Waals surface area contributed by atoms with Gasteiger partial charge in [-0.05, 0) is 12.1 Å². The minimum atomic E-state index is -0.688. The minimum absolute atomic E-state index is 0.672. The molecule has 2 aromatic rings. The minimum Gasteiger partial charge on any atom is -0.452 e. The van der Waals surface area contributed by atoms with Gasteiger partial charge in [-0.3, -0.25) is 4.68 Å². The van der Waals surface area contributed by atoms with Crippen molar-refractivity contribution in [1.82, 2.24) is 9.78 Å². The van der Waals surface area contributed by atoms with E-state index < -0.39 is 5.79 Å². The maximum atomic E-state index is 5.63. The van der Waals surface area contributed by atoms with Crippen LogP contribution in [0.5, 0.6) is 0 Å². The molecule has 0 spiro atoms. The van der Waals surface area contributed by atoms with E-state index in [-0.39, 0.29) is 0 Å². The molecule has 6 heteroatoms. The quantitative estimate of drug-likeness (QED) is 0.922. The van der Waals surface area contributed by atoms with Gasteiger partial charge in [0.25, 0.3) is 5.79 Å². The number of anilines is 1. The Kier molecular flexibility index (Phi) is 2.52. The molecule has 1 aliphatic heterocycles. The zero-order valence-corrected chi connectivity index (χ0v) is 10.7. The third-order valence-electron chi connectivity index (χ3n) is 2.72. The third kappa shape index (κ3) is 1.95. The standard InChI is InChI=1S/C12H13N3O2S/c1-12(16-4-5-17-12)11-3-2-10(18-11)8-15-7-9(13)6-14-15/h2-7H,8,13H2,1H3. The van der Waals surface area contributed by atoms with Gasteiger partial charge in [0.2, 0.25) is 0 Å². The van der Waals surface area contributed by atoms with E-state index in [2.05, 4.69) is 5.10 Å². The van der Waals surface area contributed by atoms with Gasteiger partial charge in [0.15, 0.2) is 0 Å². The van der Waals surface area contributed by atoms with Crippen LogP contribution in [0.4, 0.5) is 5.69 Å². The summed E-state index contributed by atoms with van der Waals surface area (Å²) in [4.78, 5) is 2.20. The molecule has 0 saturated carbocycles. The molecule has 0 bridgehead atoms. The first-order chi connectivity index (χ1) is 8.66. The Hall–Kier alpha value is -1.95. The summed E-state index contributed by atoms with van der Waals surface area (Å²) in [5, 5.41) is 4.16. The molecule has 0 radical (unpaired) electrons. The second-order valence-corrected chi connectivity index (χ2v) is 5.36. The second-order valence-electron chi connectivity index (χ2n) is 4.19. The molecular weight excluding hydrogens is 250 g/mol. The molecule has 0 aromatic carbocycles. The lowest BCUT2D eigenvalue weighted by molar-refractivity contribution is -0.130. The van der Waals surface area contributed by atoms with Gasteiger partial charge in [-0.25, -0.2) is 0 Å². The van der Waals surface area contributed by atoms with Gasteiger partial charge in [0.1, 0.15) is 12.5 Å². The smallest absolute Gasteiger partial charge is 0.283 e. The zero-order valence-electron chi connectivity index (χ0n) is 9.87. The largest absolute Gasteiger partial charge is 0.452 e. The van der Waals surface area contributed by atoms with Crippen LogP contribution >= 0.6 is 11.3 Å². The first kappa shape index (κ1) is 11.2. The number of nitrogens with zero attached hydrogens (tertiary/aromatic N) is 2. The molecule has 1 aliphatic rings. The van der Waals surface area contributed by atoms with Crippen LogP contribution in [0.3, 0.4) is 0 Å². The molecule has 0 saturated heterocycles. The van der Waals surface area contributed by atoms with E-state index in [0.717, 1.165) is 4.88 Å². The van der Waals surface area contributed by atoms with E-state index in [9.17, 15) is 0 Å². The van der Waals surface area contributed by atoms with Gasteiger partial charge in [0.05, 0.1) is 23.3 Å². The maximum Gasteiger partial charge on any atom is 0.283 e. The summed E-state index contributed by atoms with van der Waals surface area (Å²) in [5.41, 5.74) is 6.30. The number of aromatic nitrogens is 2. The molecule has 0 aliphatic carbocycles. The molecule has 0 fully saturated rings. The van der Waals surface area contributed by atoms with Crippen LogP contribution in [-0.2, 0) is 21.8 Å². The summed E-state index contributed by atoms with van der Waals surface area (Å²) in [6, 6.07) is 4.06. The molecule has 2 N–H and O–H groups in total. The van der Waals surface area contributed by atoms with Crippen molar-refractivity contribution in [3.05, 3.63) is 46.8 Å². The van der Waals surface area contributed by atoms with Crippen LogP contribution < -0.4 is 5.73 Å². The van der Waals surface area contributed by atoms with Crippen molar-refractivity contribution in [3.8, 4) is 0 Å². The van der Waals surface area contributed by atoms with E-state index in [1.165, 1.54) is 4.88 Å². The van der Waals surface area contributed by atoms with Gasteiger partial charge in [-0.2, -0.15) is 5.10 Å². The highest BCUT2D eigenvalue weighted by atomic mass is 32.1. The third-order valence-corrected chi connectivity index (χ3v) is 3.98. The van der Waals surface area contributed by atoms with Crippen LogP contribution in [0.2, 0.25) is 0 Å². The second kappa shape index (κ2) is 4.06. The van der Waals surface area contributed by atoms with Crippen LogP contribution in [0, 0.1) is 0 Å². The van der Waals surface area contributed by atoms with Crippen molar-refractivity contribution in [3.63, 3.8) is 0 Å². The molecule has 0 amide bonds. The molecule has 0 atom stereocenters. The van der Waals surface area contributed by atoms with Crippen molar-refractivity contribution in [2.75, 3.05) is 5.73 Å². The van der Waals surface area contributed by atoms with Crippen LogP contribution in [0.25, 0.3) is 0 Å². The van der Waals surface area contributed by atoms with Gasteiger partial charge < -0.3 is 15.2 Å². The highest BCUT2D eigenvalue weighted by molar-refractivity contribution is 7.12. The average Bonchev–Trinajstić information content (AvgIpc) is 3.02. The van der Waals surface area contributed by atoms with Crippen molar-refractivity contribution >= 4 is 17.0 Å². The molecule has 18 heavy (non-hydrogen) atoms. The lowest BCUT2D eigenvalue weighted by Crippen LogP contribution is -2.20. The topological polar surface area (TPSA) is 62.3 Å². The van der Waals surface area contributed by atoms with E-state index in [0.29, 0.717) is 12.2 Å². The summed E-state index contributed by atoms with van der Waals surface area (Å²) in [6.45, 7) is 2.60. The molecule has 5 nitrogen and oxygen atoms in total. The molecule has 2 aromatic heterocycles. The number of hydrogen-bond donors (Lipinski definition) is 1. The first-order valence-electron chi connectivity index (χ1n) is 5.53. The summed E-state index contributed by atoms with van der Waals surface area (Å²) in [7, 11) is 0. The molecular formula is C12H13N3O2S. The molecule has 3 heterocycles. The number of ether oxygens (including phenoxy) is 2. The lowest BCUT2D eigenvalue weighted by Gasteiger charge is -2.20.